The second kappa shape index (κ2) is 8.61. The molecule has 2 aromatic heterocycles. The van der Waals surface area contributed by atoms with E-state index in [9.17, 15) is 4.79 Å². The van der Waals surface area contributed by atoms with E-state index in [1.54, 1.807) is 11.3 Å². The van der Waals surface area contributed by atoms with Crippen LogP contribution in [0.15, 0.2) is 60.0 Å². The van der Waals surface area contributed by atoms with Gasteiger partial charge in [0, 0.05) is 23.6 Å². The van der Waals surface area contributed by atoms with Gasteiger partial charge in [0.15, 0.2) is 0 Å². The Hall–Kier alpha value is -3.29. The third kappa shape index (κ3) is 4.48. The Bertz CT molecular complexity index is 1170. The molecule has 0 saturated heterocycles. The lowest BCUT2D eigenvalue weighted by molar-refractivity contribution is -0.114. The lowest BCUT2D eigenvalue weighted by Crippen LogP contribution is -2.13. The van der Waals surface area contributed by atoms with Crippen LogP contribution in [-0.4, -0.2) is 34.9 Å². The maximum absolute atomic E-state index is 11.2. The summed E-state index contributed by atoms with van der Waals surface area (Å²) >= 11 is 1.59. The van der Waals surface area contributed by atoms with Crippen LogP contribution in [0.1, 0.15) is 12.7 Å². The summed E-state index contributed by atoms with van der Waals surface area (Å²) < 4.78 is 6.22. The number of anilines is 1. The van der Waals surface area contributed by atoms with Crippen LogP contribution in [-0.2, 0) is 11.3 Å². The summed E-state index contributed by atoms with van der Waals surface area (Å²) in [6, 6.07) is 17.4. The summed E-state index contributed by atoms with van der Waals surface area (Å²) in [6.45, 7) is 2.10. The van der Waals surface area contributed by atoms with Crippen LogP contribution in [0.25, 0.3) is 21.3 Å². The van der Waals surface area contributed by atoms with Crippen LogP contribution in [0.5, 0.6) is 11.6 Å². The van der Waals surface area contributed by atoms with Gasteiger partial charge in [0.05, 0.1) is 11.9 Å². The second-order valence-corrected chi connectivity index (χ2v) is 8.04. The summed E-state index contributed by atoms with van der Waals surface area (Å²) in [6.07, 6.45) is 0. The Kier molecular flexibility index (Phi) is 5.74. The van der Waals surface area contributed by atoms with Gasteiger partial charge in [-0.05, 0) is 43.9 Å². The molecule has 0 saturated carbocycles. The van der Waals surface area contributed by atoms with Crippen LogP contribution in [0.4, 0.5) is 5.69 Å². The number of hydrogen-bond donors (Lipinski definition) is 1. The van der Waals surface area contributed by atoms with Crippen LogP contribution in [0.2, 0.25) is 0 Å². The van der Waals surface area contributed by atoms with E-state index in [-0.39, 0.29) is 5.91 Å². The van der Waals surface area contributed by atoms with E-state index in [0.717, 1.165) is 27.0 Å². The normalized spacial score (nSPS) is 11.1. The van der Waals surface area contributed by atoms with Crippen molar-refractivity contribution >= 4 is 33.1 Å². The molecule has 0 aliphatic rings. The third-order valence-corrected chi connectivity index (χ3v) is 5.25. The van der Waals surface area contributed by atoms with Gasteiger partial charge in [-0.1, -0.05) is 30.3 Å². The fourth-order valence-corrected chi connectivity index (χ4v) is 4.09. The van der Waals surface area contributed by atoms with Crippen molar-refractivity contribution in [2.75, 3.05) is 19.4 Å². The molecule has 0 radical (unpaired) electrons. The van der Waals surface area contributed by atoms with Gasteiger partial charge in [0.2, 0.25) is 11.8 Å². The lowest BCUT2D eigenvalue weighted by Gasteiger charge is -2.12. The van der Waals surface area contributed by atoms with Gasteiger partial charge in [-0.3, -0.25) is 4.79 Å². The van der Waals surface area contributed by atoms with E-state index in [1.165, 1.54) is 6.92 Å². The first-order valence-corrected chi connectivity index (χ1v) is 10.4. The first-order chi connectivity index (χ1) is 14.5. The number of ether oxygens (including phenoxy) is 1. The van der Waals surface area contributed by atoms with Gasteiger partial charge in [-0.2, -0.15) is 4.98 Å². The van der Waals surface area contributed by atoms with Crippen molar-refractivity contribution in [3.63, 3.8) is 0 Å². The predicted molar refractivity (Wildman–Crippen MR) is 121 cm³/mol. The van der Waals surface area contributed by atoms with E-state index in [0.29, 0.717) is 24.0 Å². The highest BCUT2D eigenvalue weighted by atomic mass is 32.1. The minimum Gasteiger partial charge on any atom is -0.438 e. The summed E-state index contributed by atoms with van der Waals surface area (Å²) in [7, 11) is 3.97. The minimum absolute atomic E-state index is 0.111. The first-order valence-electron chi connectivity index (χ1n) is 9.53. The maximum atomic E-state index is 11.2. The van der Waals surface area contributed by atoms with Crippen molar-refractivity contribution in [3.8, 4) is 22.8 Å². The highest BCUT2D eigenvalue weighted by Crippen LogP contribution is 2.39. The van der Waals surface area contributed by atoms with Crippen LogP contribution in [0, 0.1) is 0 Å². The quantitative estimate of drug-likeness (QED) is 0.468. The van der Waals surface area contributed by atoms with Crippen LogP contribution in [0.3, 0.4) is 0 Å². The summed E-state index contributed by atoms with van der Waals surface area (Å²) in [5, 5.41) is 5.76. The number of benzene rings is 2. The molecular weight excluding hydrogens is 396 g/mol. The average Bonchev–Trinajstić information content (AvgIpc) is 3.13. The van der Waals surface area contributed by atoms with Crippen molar-refractivity contribution in [1.82, 2.24) is 14.9 Å². The lowest BCUT2D eigenvalue weighted by atomic mass is 10.1. The fourth-order valence-electron chi connectivity index (χ4n) is 3.13. The number of nitrogens with one attached hydrogen (secondary N) is 1. The van der Waals surface area contributed by atoms with Gasteiger partial charge in [-0.15, -0.1) is 11.3 Å². The Morgan fingerprint density at radius 2 is 1.80 bits per heavy atom. The number of fused-ring (bicyclic) bond motifs is 1. The number of nitrogens with zero attached hydrogens (tertiary/aromatic N) is 3. The Morgan fingerprint density at radius 1 is 1.07 bits per heavy atom. The van der Waals surface area contributed by atoms with E-state index < -0.39 is 0 Å². The number of hydrogen-bond acceptors (Lipinski definition) is 6. The average molecular weight is 419 g/mol. The molecular formula is C23H22N4O2S. The Balaban J connectivity index is 1.77. The standard InChI is InChI=1S/C23H22N4O2S/c1-15(28)24-17-9-11-18(12-10-17)29-22-21-19(16-7-5-4-6-8-16)14-30-23(21)26-20(25-22)13-27(2)3/h4-12,14H,13H2,1-3H3,(H,24,28). The summed E-state index contributed by atoms with van der Waals surface area (Å²) in [5.41, 5.74) is 2.87. The third-order valence-electron chi connectivity index (χ3n) is 4.38. The van der Waals surface area contributed by atoms with Gasteiger partial charge >= 0.3 is 0 Å². The molecule has 0 aliphatic heterocycles. The highest BCUT2D eigenvalue weighted by molar-refractivity contribution is 7.17. The summed E-state index contributed by atoms with van der Waals surface area (Å²) in [5.74, 6) is 1.77. The molecule has 2 heterocycles. The number of aromatic nitrogens is 2. The van der Waals surface area contributed by atoms with Gasteiger partial charge in [0.25, 0.3) is 0 Å². The smallest absolute Gasteiger partial charge is 0.232 e. The SMILES string of the molecule is CC(=O)Nc1ccc(Oc2nc(CN(C)C)nc3scc(-c4ccccc4)c23)cc1. The zero-order valence-corrected chi connectivity index (χ0v) is 17.9. The molecule has 4 aromatic rings. The Morgan fingerprint density at radius 3 is 2.47 bits per heavy atom. The van der Waals surface area contributed by atoms with E-state index in [1.807, 2.05) is 61.5 Å². The molecule has 152 valence electrons. The van der Waals surface area contributed by atoms with Crippen molar-refractivity contribution in [3.05, 3.63) is 65.8 Å². The van der Waals surface area contributed by atoms with Gasteiger partial charge in [-0.25, -0.2) is 4.98 Å². The molecule has 0 fully saturated rings. The molecule has 4 rings (SSSR count). The molecule has 0 atom stereocenters. The first kappa shape index (κ1) is 20.0. The Labute approximate surface area is 179 Å². The zero-order valence-electron chi connectivity index (χ0n) is 17.0. The number of thiophene rings is 1. The van der Waals surface area contributed by atoms with Crippen LogP contribution >= 0.6 is 11.3 Å². The monoisotopic (exact) mass is 418 g/mol. The maximum Gasteiger partial charge on any atom is 0.232 e. The fraction of sp³-hybridized carbons (Fsp3) is 0.174. The number of carbonyl (C=O) groups excluding carboxylic acids is 1. The molecule has 1 amide bonds. The molecule has 2 aromatic carbocycles. The molecule has 0 aliphatic carbocycles. The molecule has 6 nitrogen and oxygen atoms in total. The van der Waals surface area contributed by atoms with E-state index in [2.05, 4.69) is 22.8 Å². The van der Waals surface area contributed by atoms with Crippen LogP contribution < -0.4 is 10.1 Å². The molecule has 30 heavy (non-hydrogen) atoms. The zero-order chi connectivity index (χ0) is 21.1. The minimum atomic E-state index is -0.111. The molecule has 7 heteroatoms. The number of amides is 1. The van der Waals surface area contributed by atoms with E-state index in [4.69, 9.17) is 14.7 Å². The molecule has 0 spiro atoms. The molecule has 0 bridgehead atoms. The number of carbonyl (C=O) groups is 1. The van der Waals surface area contributed by atoms with Gasteiger partial charge in [0.1, 0.15) is 16.4 Å². The summed E-state index contributed by atoms with van der Waals surface area (Å²) in [4.78, 5) is 23.6. The number of rotatable bonds is 6. The highest BCUT2D eigenvalue weighted by Gasteiger charge is 2.17. The van der Waals surface area contributed by atoms with Crippen molar-refractivity contribution in [2.45, 2.75) is 13.5 Å². The van der Waals surface area contributed by atoms with Crippen molar-refractivity contribution < 1.29 is 9.53 Å². The van der Waals surface area contributed by atoms with E-state index >= 15 is 0 Å². The predicted octanol–water partition coefficient (Wildman–Crippen LogP) is 5.17. The largest absolute Gasteiger partial charge is 0.438 e. The topological polar surface area (TPSA) is 67.3 Å². The van der Waals surface area contributed by atoms with Gasteiger partial charge < -0.3 is 15.0 Å². The molecule has 1 N–H and O–H groups in total. The van der Waals surface area contributed by atoms with Crippen molar-refractivity contribution in [1.29, 1.82) is 0 Å². The second-order valence-electron chi connectivity index (χ2n) is 7.19. The molecule has 0 unspecified atom stereocenters. The van der Waals surface area contributed by atoms with Crippen molar-refractivity contribution in [2.24, 2.45) is 0 Å².